The fourth-order valence-corrected chi connectivity index (χ4v) is 3.27. The Morgan fingerprint density at radius 2 is 1.78 bits per heavy atom. The molecule has 0 bridgehead atoms. The maximum atomic E-state index is 11.2. The van der Waals surface area contributed by atoms with Gasteiger partial charge >= 0.3 is 5.97 Å². The van der Waals surface area contributed by atoms with Crippen molar-refractivity contribution in [3.05, 3.63) is 0 Å². The number of carbonyl (C=O) groups is 1. The average molecular weight is 254 g/mol. The van der Waals surface area contributed by atoms with Gasteiger partial charge in [0.25, 0.3) is 0 Å². The smallest absolute Gasteiger partial charge is 0.310 e. The van der Waals surface area contributed by atoms with Crippen molar-refractivity contribution in [1.82, 2.24) is 10.2 Å². The molecular formula is C14H26N2O2. The molecule has 2 saturated heterocycles. The fourth-order valence-electron chi connectivity index (χ4n) is 3.27. The van der Waals surface area contributed by atoms with E-state index in [1.165, 1.54) is 25.7 Å². The topological polar surface area (TPSA) is 52.6 Å². The quantitative estimate of drug-likeness (QED) is 0.802. The monoisotopic (exact) mass is 254 g/mol. The number of hydrogen-bond acceptors (Lipinski definition) is 3. The largest absolute Gasteiger partial charge is 0.481 e. The van der Waals surface area contributed by atoms with Crippen molar-refractivity contribution in [2.45, 2.75) is 39.5 Å². The predicted molar refractivity (Wildman–Crippen MR) is 71.6 cm³/mol. The van der Waals surface area contributed by atoms with Gasteiger partial charge in [0.1, 0.15) is 0 Å². The van der Waals surface area contributed by atoms with Crippen molar-refractivity contribution in [2.24, 2.45) is 10.8 Å². The third kappa shape index (κ3) is 3.04. The molecule has 2 N–H and O–H groups in total. The summed E-state index contributed by atoms with van der Waals surface area (Å²) < 4.78 is 0. The van der Waals surface area contributed by atoms with E-state index in [4.69, 9.17) is 0 Å². The molecule has 0 amide bonds. The molecule has 1 spiro atoms. The lowest BCUT2D eigenvalue weighted by Gasteiger charge is -2.45. The van der Waals surface area contributed by atoms with Gasteiger partial charge in [0, 0.05) is 6.54 Å². The highest BCUT2D eigenvalue weighted by atomic mass is 16.4. The highest BCUT2D eigenvalue weighted by Gasteiger charge is 2.38. The van der Waals surface area contributed by atoms with E-state index in [9.17, 15) is 9.90 Å². The van der Waals surface area contributed by atoms with E-state index >= 15 is 0 Å². The molecule has 18 heavy (non-hydrogen) atoms. The first-order valence-corrected chi connectivity index (χ1v) is 7.10. The Morgan fingerprint density at radius 3 is 2.28 bits per heavy atom. The van der Waals surface area contributed by atoms with Crippen LogP contribution in [0.15, 0.2) is 0 Å². The zero-order chi connectivity index (χ0) is 13.2. The highest BCUT2D eigenvalue weighted by molar-refractivity contribution is 5.73. The Bertz CT molecular complexity index is 299. The van der Waals surface area contributed by atoms with Crippen LogP contribution in [0.1, 0.15) is 39.5 Å². The fraction of sp³-hybridized carbons (Fsp3) is 0.929. The van der Waals surface area contributed by atoms with Gasteiger partial charge in [-0.2, -0.15) is 0 Å². The van der Waals surface area contributed by atoms with Gasteiger partial charge in [0.2, 0.25) is 0 Å². The molecule has 2 fully saturated rings. The Balaban J connectivity index is 1.85. The molecular weight excluding hydrogens is 228 g/mol. The molecule has 2 rings (SSSR count). The molecule has 0 saturated carbocycles. The molecule has 104 valence electrons. The molecule has 4 nitrogen and oxygen atoms in total. The third-order valence-electron chi connectivity index (χ3n) is 4.78. The number of rotatable bonds is 3. The molecule has 0 aromatic rings. The van der Waals surface area contributed by atoms with E-state index in [0.717, 1.165) is 26.2 Å². The summed E-state index contributed by atoms with van der Waals surface area (Å²) in [6.07, 6.45) is 5.07. The lowest BCUT2D eigenvalue weighted by atomic mass is 9.71. The van der Waals surface area contributed by atoms with Gasteiger partial charge in [-0.15, -0.1) is 0 Å². The second-order valence-corrected chi connectivity index (χ2v) is 6.72. The number of hydrogen-bond donors (Lipinski definition) is 2. The first kappa shape index (κ1) is 13.8. The number of likely N-dealkylation sites (tertiary alicyclic amines) is 1. The average Bonchev–Trinajstić information content (AvgIpc) is 2.33. The van der Waals surface area contributed by atoms with Crippen LogP contribution in [0, 0.1) is 10.8 Å². The Morgan fingerprint density at radius 1 is 1.22 bits per heavy atom. The number of nitrogens with zero attached hydrogens (tertiary/aromatic N) is 1. The summed E-state index contributed by atoms with van der Waals surface area (Å²) in [5.41, 5.74) is -0.0757. The van der Waals surface area contributed by atoms with E-state index in [0.29, 0.717) is 12.0 Å². The molecule has 2 aliphatic rings. The van der Waals surface area contributed by atoms with E-state index < -0.39 is 11.4 Å². The Hall–Kier alpha value is -0.610. The van der Waals surface area contributed by atoms with Gasteiger partial charge in [-0.25, -0.2) is 0 Å². The number of carboxylic acids is 1. The summed E-state index contributed by atoms with van der Waals surface area (Å²) >= 11 is 0. The van der Waals surface area contributed by atoms with Gasteiger partial charge in [-0.3, -0.25) is 4.79 Å². The normalized spacial score (nSPS) is 25.2. The molecule has 0 aromatic heterocycles. The first-order chi connectivity index (χ1) is 8.44. The van der Waals surface area contributed by atoms with Crippen LogP contribution < -0.4 is 5.32 Å². The van der Waals surface area contributed by atoms with Crippen molar-refractivity contribution < 1.29 is 9.90 Å². The lowest BCUT2D eigenvalue weighted by Crippen LogP contribution is -2.48. The minimum absolute atomic E-state index is 0.551. The zero-order valence-corrected chi connectivity index (χ0v) is 11.7. The van der Waals surface area contributed by atoms with Crippen molar-refractivity contribution in [1.29, 1.82) is 0 Å². The van der Waals surface area contributed by atoms with Crippen molar-refractivity contribution in [2.75, 3.05) is 32.7 Å². The molecule has 0 radical (unpaired) electrons. The summed E-state index contributed by atoms with van der Waals surface area (Å²) in [6.45, 7) is 8.76. The number of piperidine rings is 2. The maximum absolute atomic E-state index is 11.2. The number of aliphatic carboxylic acids is 1. The number of nitrogens with one attached hydrogen (secondary N) is 1. The highest BCUT2D eigenvalue weighted by Crippen LogP contribution is 2.39. The van der Waals surface area contributed by atoms with Crippen LogP contribution in [0.4, 0.5) is 0 Å². The Kier molecular flexibility index (Phi) is 3.97. The molecule has 2 heterocycles. The van der Waals surface area contributed by atoms with Crippen LogP contribution in [0.5, 0.6) is 0 Å². The van der Waals surface area contributed by atoms with Crippen LogP contribution in [0.2, 0.25) is 0 Å². The Labute approximate surface area is 110 Å². The van der Waals surface area contributed by atoms with Gasteiger partial charge in [-0.05, 0) is 71.1 Å². The summed E-state index contributed by atoms with van der Waals surface area (Å²) in [5.74, 6) is -0.690. The molecule has 4 heteroatoms. The van der Waals surface area contributed by atoms with Gasteiger partial charge in [-0.1, -0.05) is 0 Å². The summed E-state index contributed by atoms with van der Waals surface area (Å²) in [4.78, 5) is 13.5. The minimum atomic E-state index is -0.690. The van der Waals surface area contributed by atoms with Crippen LogP contribution in [0.25, 0.3) is 0 Å². The van der Waals surface area contributed by atoms with Gasteiger partial charge in [0.05, 0.1) is 5.41 Å². The van der Waals surface area contributed by atoms with Crippen molar-refractivity contribution in [3.8, 4) is 0 Å². The van der Waals surface area contributed by atoms with E-state index in [1.807, 2.05) is 13.8 Å². The van der Waals surface area contributed by atoms with E-state index in [2.05, 4.69) is 10.2 Å². The van der Waals surface area contributed by atoms with Crippen LogP contribution in [0.3, 0.4) is 0 Å². The van der Waals surface area contributed by atoms with Crippen molar-refractivity contribution >= 4 is 5.97 Å². The lowest BCUT2D eigenvalue weighted by molar-refractivity contribution is -0.148. The zero-order valence-electron chi connectivity index (χ0n) is 11.7. The molecule has 0 atom stereocenters. The molecule has 0 unspecified atom stereocenters. The standard InChI is InChI=1S/C14H26N2O2/c1-13(2,12(17)18)11-16-9-5-14(6-10-16)3-7-15-8-4-14/h15H,3-11H2,1-2H3,(H,17,18). The molecule has 2 aliphatic heterocycles. The third-order valence-corrected chi connectivity index (χ3v) is 4.78. The second-order valence-electron chi connectivity index (χ2n) is 6.72. The number of carboxylic acid groups (broad SMARTS) is 1. The second kappa shape index (κ2) is 5.17. The van der Waals surface area contributed by atoms with Crippen molar-refractivity contribution in [3.63, 3.8) is 0 Å². The van der Waals surface area contributed by atoms with Gasteiger partial charge in [0.15, 0.2) is 0 Å². The summed E-state index contributed by atoms with van der Waals surface area (Å²) in [5, 5.41) is 12.6. The first-order valence-electron chi connectivity index (χ1n) is 7.10. The SMILES string of the molecule is CC(C)(CN1CCC2(CCNCC2)CC1)C(=O)O. The maximum Gasteiger partial charge on any atom is 0.310 e. The van der Waals surface area contributed by atoms with Crippen LogP contribution in [-0.4, -0.2) is 48.7 Å². The predicted octanol–water partition coefficient (Wildman–Crippen LogP) is 1.56. The summed E-state index contributed by atoms with van der Waals surface area (Å²) in [6, 6.07) is 0. The molecule has 0 aromatic carbocycles. The van der Waals surface area contributed by atoms with Gasteiger partial charge < -0.3 is 15.3 Å². The van der Waals surface area contributed by atoms with Crippen LogP contribution in [-0.2, 0) is 4.79 Å². The minimum Gasteiger partial charge on any atom is -0.481 e. The molecule has 0 aliphatic carbocycles. The summed E-state index contributed by atoms with van der Waals surface area (Å²) in [7, 11) is 0. The van der Waals surface area contributed by atoms with Crippen LogP contribution >= 0.6 is 0 Å². The van der Waals surface area contributed by atoms with E-state index in [1.54, 1.807) is 0 Å². The van der Waals surface area contributed by atoms with E-state index in [-0.39, 0.29) is 0 Å².